The molecule has 0 aliphatic rings. The van der Waals surface area contributed by atoms with Gasteiger partial charge < -0.3 is 5.11 Å². The third kappa shape index (κ3) is 2.68. The van der Waals surface area contributed by atoms with E-state index < -0.39 is 11.9 Å². The molecule has 0 saturated carbocycles. The van der Waals surface area contributed by atoms with Crippen LogP contribution in [0.1, 0.15) is 17.2 Å². The quantitative estimate of drug-likeness (QED) is 0.875. The molecule has 0 aromatic heterocycles. The minimum Gasteiger partial charge on any atom is -0.383 e. The highest BCUT2D eigenvalue weighted by molar-refractivity contribution is 9.10. The third-order valence-electron chi connectivity index (χ3n) is 2.45. The van der Waals surface area contributed by atoms with Gasteiger partial charge in [-0.15, -0.1) is 0 Å². The zero-order chi connectivity index (χ0) is 12.4. The van der Waals surface area contributed by atoms with Crippen molar-refractivity contribution >= 4 is 27.5 Å². The van der Waals surface area contributed by atoms with Crippen LogP contribution in [0.5, 0.6) is 0 Å². The molecule has 4 heteroatoms. The first-order valence-corrected chi connectivity index (χ1v) is 6.14. The average Bonchev–Trinajstić information content (AvgIpc) is 2.32. The Hall–Kier alpha value is -0.900. The smallest absolute Gasteiger partial charge is 0.129 e. The molecule has 2 aromatic rings. The number of halogens is 3. The summed E-state index contributed by atoms with van der Waals surface area (Å²) in [6, 6.07) is 11.2. The van der Waals surface area contributed by atoms with Gasteiger partial charge in [0.15, 0.2) is 0 Å². The summed E-state index contributed by atoms with van der Waals surface area (Å²) in [4.78, 5) is 0. The van der Waals surface area contributed by atoms with Crippen molar-refractivity contribution in [3.8, 4) is 0 Å². The summed E-state index contributed by atoms with van der Waals surface area (Å²) in [6.07, 6.45) is -1.07. The molecule has 0 amide bonds. The van der Waals surface area contributed by atoms with Gasteiger partial charge in [0, 0.05) is 20.6 Å². The van der Waals surface area contributed by atoms with Gasteiger partial charge in [0.25, 0.3) is 0 Å². The van der Waals surface area contributed by atoms with Crippen molar-refractivity contribution in [3.05, 3.63) is 68.9 Å². The van der Waals surface area contributed by atoms with Crippen LogP contribution < -0.4 is 0 Å². The molecule has 1 N–H and O–H groups in total. The second-order valence-electron chi connectivity index (χ2n) is 3.59. The Kier molecular flexibility index (Phi) is 3.82. The molecule has 88 valence electrons. The third-order valence-corrected chi connectivity index (χ3v) is 3.29. The Bertz CT molecular complexity index is 545. The van der Waals surface area contributed by atoms with Crippen molar-refractivity contribution in [2.75, 3.05) is 0 Å². The molecule has 0 fully saturated rings. The van der Waals surface area contributed by atoms with Crippen molar-refractivity contribution in [2.45, 2.75) is 6.10 Å². The number of hydrogen-bond donors (Lipinski definition) is 1. The molecule has 0 aliphatic heterocycles. The second-order valence-corrected chi connectivity index (χ2v) is 4.91. The summed E-state index contributed by atoms with van der Waals surface area (Å²) in [6.45, 7) is 0. The molecule has 0 radical (unpaired) electrons. The van der Waals surface area contributed by atoms with E-state index in [1.165, 1.54) is 12.1 Å². The van der Waals surface area contributed by atoms with Crippen molar-refractivity contribution in [1.29, 1.82) is 0 Å². The van der Waals surface area contributed by atoms with Gasteiger partial charge in [0.1, 0.15) is 11.9 Å². The maximum Gasteiger partial charge on any atom is 0.129 e. The Morgan fingerprint density at radius 3 is 2.53 bits per heavy atom. The lowest BCUT2D eigenvalue weighted by Crippen LogP contribution is -2.03. The molecule has 2 rings (SSSR count). The lowest BCUT2D eigenvalue weighted by atomic mass is 10.0. The SMILES string of the molecule is OC(c1ccccc1F)c1cc(Br)ccc1Cl. The van der Waals surface area contributed by atoms with Crippen LogP contribution in [0.2, 0.25) is 5.02 Å². The Morgan fingerprint density at radius 2 is 1.82 bits per heavy atom. The maximum atomic E-state index is 13.5. The molecule has 0 bridgehead atoms. The summed E-state index contributed by atoms with van der Waals surface area (Å²) in [5, 5.41) is 10.5. The second kappa shape index (κ2) is 5.17. The fourth-order valence-corrected chi connectivity index (χ4v) is 2.19. The van der Waals surface area contributed by atoms with Gasteiger partial charge in [0.2, 0.25) is 0 Å². The van der Waals surface area contributed by atoms with Gasteiger partial charge in [-0.25, -0.2) is 4.39 Å². The van der Waals surface area contributed by atoms with Crippen LogP contribution in [0.15, 0.2) is 46.9 Å². The van der Waals surface area contributed by atoms with Gasteiger partial charge in [0.05, 0.1) is 0 Å². The normalized spacial score (nSPS) is 12.5. The largest absolute Gasteiger partial charge is 0.383 e. The highest BCUT2D eigenvalue weighted by Crippen LogP contribution is 2.31. The Balaban J connectivity index is 2.47. The first kappa shape index (κ1) is 12.6. The predicted octanol–water partition coefficient (Wildman–Crippen LogP) is 4.32. The monoisotopic (exact) mass is 314 g/mol. The minimum atomic E-state index is -1.07. The van der Waals surface area contributed by atoms with Crippen molar-refractivity contribution in [2.24, 2.45) is 0 Å². The van der Waals surface area contributed by atoms with Crippen LogP contribution in [0.25, 0.3) is 0 Å². The summed E-state index contributed by atoms with van der Waals surface area (Å²) in [7, 11) is 0. The summed E-state index contributed by atoms with van der Waals surface area (Å²) < 4.78 is 14.3. The summed E-state index contributed by atoms with van der Waals surface area (Å²) in [5.41, 5.74) is 0.693. The molecule has 0 spiro atoms. The van der Waals surface area contributed by atoms with Crippen molar-refractivity contribution in [1.82, 2.24) is 0 Å². The number of benzene rings is 2. The number of aliphatic hydroxyl groups excluding tert-OH is 1. The summed E-state index contributed by atoms with van der Waals surface area (Å²) >= 11 is 9.28. The fraction of sp³-hybridized carbons (Fsp3) is 0.0769. The van der Waals surface area contributed by atoms with E-state index in [0.29, 0.717) is 10.6 Å². The van der Waals surface area contributed by atoms with Crippen LogP contribution in [0.4, 0.5) is 4.39 Å². The van der Waals surface area contributed by atoms with E-state index in [1.807, 2.05) is 0 Å². The van der Waals surface area contributed by atoms with Crippen molar-refractivity contribution < 1.29 is 9.50 Å². The Morgan fingerprint density at radius 1 is 1.12 bits per heavy atom. The van der Waals surface area contributed by atoms with Crippen LogP contribution in [-0.4, -0.2) is 5.11 Å². The van der Waals surface area contributed by atoms with Gasteiger partial charge in [-0.1, -0.05) is 45.7 Å². The van der Waals surface area contributed by atoms with Crippen LogP contribution in [0.3, 0.4) is 0 Å². The van der Waals surface area contributed by atoms with Gasteiger partial charge in [-0.3, -0.25) is 0 Å². The van der Waals surface area contributed by atoms with Gasteiger partial charge in [-0.2, -0.15) is 0 Å². The predicted molar refractivity (Wildman–Crippen MR) is 69.6 cm³/mol. The molecule has 0 saturated heterocycles. The number of rotatable bonds is 2. The van der Waals surface area contributed by atoms with E-state index in [1.54, 1.807) is 30.3 Å². The average molecular weight is 316 g/mol. The lowest BCUT2D eigenvalue weighted by Gasteiger charge is -2.14. The van der Waals surface area contributed by atoms with E-state index in [-0.39, 0.29) is 5.56 Å². The lowest BCUT2D eigenvalue weighted by molar-refractivity contribution is 0.215. The van der Waals surface area contributed by atoms with E-state index in [9.17, 15) is 9.50 Å². The van der Waals surface area contributed by atoms with Crippen LogP contribution in [-0.2, 0) is 0 Å². The van der Waals surface area contributed by atoms with Crippen LogP contribution >= 0.6 is 27.5 Å². The topological polar surface area (TPSA) is 20.2 Å². The molecular formula is C13H9BrClFO. The van der Waals surface area contributed by atoms with Crippen LogP contribution in [0, 0.1) is 5.82 Å². The van der Waals surface area contributed by atoms with E-state index >= 15 is 0 Å². The number of hydrogen-bond acceptors (Lipinski definition) is 1. The molecule has 1 unspecified atom stereocenters. The minimum absolute atomic E-state index is 0.215. The molecule has 1 atom stereocenters. The molecule has 17 heavy (non-hydrogen) atoms. The molecule has 0 aliphatic carbocycles. The van der Waals surface area contributed by atoms with Gasteiger partial charge in [-0.05, 0) is 24.3 Å². The summed E-state index contributed by atoms with van der Waals surface area (Å²) in [5.74, 6) is -0.448. The maximum absolute atomic E-state index is 13.5. The van der Waals surface area contributed by atoms with Gasteiger partial charge >= 0.3 is 0 Å². The first-order valence-electron chi connectivity index (χ1n) is 4.97. The Labute approximate surface area is 112 Å². The standard InChI is InChI=1S/C13H9BrClFO/c14-8-5-6-11(15)10(7-8)13(17)9-3-1-2-4-12(9)16/h1-7,13,17H. The first-order chi connectivity index (χ1) is 8.09. The molecule has 2 aromatic carbocycles. The van der Waals surface area contributed by atoms with E-state index in [4.69, 9.17) is 11.6 Å². The molecular weight excluding hydrogens is 306 g/mol. The van der Waals surface area contributed by atoms with E-state index in [2.05, 4.69) is 15.9 Å². The highest BCUT2D eigenvalue weighted by Gasteiger charge is 2.17. The zero-order valence-electron chi connectivity index (χ0n) is 8.70. The number of aliphatic hydroxyl groups is 1. The van der Waals surface area contributed by atoms with E-state index in [0.717, 1.165) is 4.47 Å². The molecule has 0 heterocycles. The zero-order valence-corrected chi connectivity index (χ0v) is 11.0. The molecule has 1 nitrogen and oxygen atoms in total. The highest BCUT2D eigenvalue weighted by atomic mass is 79.9. The fourth-order valence-electron chi connectivity index (χ4n) is 1.59. The van der Waals surface area contributed by atoms with Crippen molar-refractivity contribution in [3.63, 3.8) is 0 Å².